The first-order valence-corrected chi connectivity index (χ1v) is 10.2. The quantitative estimate of drug-likeness (QED) is 0.789. The van der Waals surface area contributed by atoms with Gasteiger partial charge in [-0.2, -0.15) is 0 Å². The van der Waals surface area contributed by atoms with E-state index in [9.17, 15) is 14.7 Å². The van der Waals surface area contributed by atoms with E-state index < -0.39 is 12.3 Å². The van der Waals surface area contributed by atoms with Crippen LogP contribution in [0.2, 0.25) is 0 Å². The molecule has 160 valence electrons. The largest absolute Gasteiger partial charge is 0.444 e. The summed E-state index contributed by atoms with van der Waals surface area (Å²) >= 11 is 0. The third kappa shape index (κ3) is 3.80. The molecule has 3 heterocycles. The Hall–Kier alpha value is -2.84. The Labute approximate surface area is 176 Å². The summed E-state index contributed by atoms with van der Waals surface area (Å²) in [5.74, 6) is -0.0264. The average Bonchev–Trinajstić information content (AvgIpc) is 3.08. The summed E-state index contributed by atoms with van der Waals surface area (Å²) in [6.07, 6.45) is 0.818. The number of nitrogens with one attached hydrogen (secondary N) is 1. The third-order valence-electron chi connectivity index (χ3n) is 6.03. The highest BCUT2D eigenvalue weighted by Gasteiger charge is 2.33. The zero-order valence-electron chi connectivity index (χ0n) is 17.6. The smallest absolute Gasteiger partial charge is 0.416 e. The van der Waals surface area contributed by atoms with Crippen LogP contribution in [0.15, 0.2) is 47.2 Å². The molecule has 0 aromatic heterocycles. The first kappa shape index (κ1) is 20.4. The minimum absolute atomic E-state index is 0.0264. The second-order valence-corrected chi connectivity index (χ2v) is 8.05. The lowest BCUT2D eigenvalue weighted by molar-refractivity contribution is 0.0575. The lowest BCUT2D eigenvalue weighted by Gasteiger charge is -2.41. The van der Waals surface area contributed by atoms with Gasteiger partial charge in [-0.05, 0) is 56.2 Å². The topological polar surface area (TPSA) is 85.4 Å². The van der Waals surface area contributed by atoms with Crippen molar-refractivity contribution in [3.8, 4) is 0 Å². The third-order valence-corrected chi connectivity index (χ3v) is 6.03. The van der Waals surface area contributed by atoms with Crippen LogP contribution < -0.4 is 10.2 Å². The number of amides is 2. The Balaban J connectivity index is 1.37. The van der Waals surface area contributed by atoms with Crippen LogP contribution in [0.3, 0.4) is 0 Å². The number of allylic oxidation sites excluding steroid dienone is 3. The molecule has 8 heteroatoms. The van der Waals surface area contributed by atoms with Gasteiger partial charge in [0.1, 0.15) is 12.8 Å². The summed E-state index contributed by atoms with van der Waals surface area (Å²) in [7, 11) is 0. The predicted octanol–water partition coefficient (Wildman–Crippen LogP) is 1.89. The number of hydrogen-bond donors (Lipinski definition) is 2. The maximum absolute atomic E-state index is 12.9. The van der Waals surface area contributed by atoms with Crippen LogP contribution in [-0.4, -0.2) is 72.1 Å². The molecular weight excluding hydrogens is 384 g/mol. The highest BCUT2D eigenvalue weighted by molar-refractivity contribution is 5.96. The molecule has 0 aliphatic carbocycles. The van der Waals surface area contributed by atoms with Crippen LogP contribution in [0.5, 0.6) is 0 Å². The molecular formula is C22H28N4O4. The summed E-state index contributed by atoms with van der Waals surface area (Å²) < 4.78 is 4.83. The van der Waals surface area contributed by atoms with Crippen molar-refractivity contribution >= 4 is 17.7 Å². The van der Waals surface area contributed by atoms with Gasteiger partial charge in [-0.15, -0.1) is 0 Å². The van der Waals surface area contributed by atoms with Crippen molar-refractivity contribution in [2.24, 2.45) is 0 Å². The first-order valence-electron chi connectivity index (χ1n) is 10.2. The van der Waals surface area contributed by atoms with Crippen LogP contribution in [0.1, 0.15) is 31.1 Å². The molecule has 2 fully saturated rings. The van der Waals surface area contributed by atoms with Gasteiger partial charge in [-0.3, -0.25) is 9.69 Å². The monoisotopic (exact) mass is 412 g/mol. The first-order chi connectivity index (χ1) is 14.3. The van der Waals surface area contributed by atoms with Crippen LogP contribution in [0.4, 0.5) is 10.5 Å². The van der Waals surface area contributed by atoms with E-state index in [1.807, 2.05) is 4.90 Å². The Morgan fingerprint density at radius 2 is 1.77 bits per heavy atom. The fourth-order valence-electron chi connectivity index (χ4n) is 4.16. The molecule has 0 radical (unpaired) electrons. The SMILES string of the molecule is CC1=CC(C)=C(C)NC1N1CCN(C(=O)c2ccc(N3C(=O)OC[C@H]3O)cc2)CC1. The number of aliphatic hydroxyl groups is 1. The van der Waals surface area contributed by atoms with Gasteiger partial charge in [0.15, 0.2) is 6.23 Å². The second-order valence-electron chi connectivity index (χ2n) is 8.05. The van der Waals surface area contributed by atoms with Gasteiger partial charge >= 0.3 is 6.09 Å². The highest BCUT2D eigenvalue weighted by atomic mass is 16.6. The van der Waals surface area contributed by atoms with E-state index in [0.717, 1.165) is 13.1 Å². The second kappa shape index (κ2) is 8.12. The molecule has 1 unspecified atom stereocenters. The molecule has 8 nitrogen and oxygen atoms in total. The van der Waals surface area contributed by atoms with Crippen molar-refractivity contribution in [3.05, 3.63) is 52.7 Å². The molecule has 2 N–H and O–H groups in total. The van der Waals surface area contributed by atoms with E-state index in [-0.39, 0.29) is 18.7 Å². The maximum Gasteiger partial charge on any atom is 0.416 e. The van der Waals surface area contributed by atoms with Crippen molar-refractivity contribution in [2.75, 3.05) is 37.7 Å². The zero-order chi connectivity index (χ0) is 21.4. The number of cyclic esters (lactones) is 1. The molecule has 0 saturated carbocycles. The number of benzene rings is 1. The van der Waals surface area contributed by atoms with E-state index in [2.05, 4.69) is 37.1 Å². The van der Waals surface area contributed by atoms with Crippen molar-refractivity contribution in [1.29, 1.82) is 0 Å². The normalized spacial score (nSPS) is 25.2. The van der Waals surface area contributed by atoms with E-state index in [1.54, 1.807) is 24.3 Å². The zero-order valence-corrected chi connectivity index (χ0v) is 17.6. The fourth-order valence-corrected chi connectivity index (χ4v) is 4.16. The molecule has 4 rings (SSSR count). The molecule has 2 atom stereocenters. The van der Waals surface area contributed by atoms with Crippen molar-refractivity contribution in [3.63, 3.8) is 0 Å². The van der Waals surface area contributed by atoms with E-state index in [1.165, 1.54) is 21.7 Å². The molecule has 0 spiro atoms. The van der Waals surface area contributed by atoms with Gasteiger partial charge in [0.05, 0.1) is 0 Å². The van der Waals surface area contributed by atoms with Gasteiger partial charge in [-0.1, -0.05) is 6.08 Å². The number of nitrogens with zero attached hydrogens (tertiary/aromatic N) is 3. The fraction of sp³-hybridized carbons (Fsp3) is 0.455. The Kier molecular flexibility index (Phi) is 5.53. The summed E-state index contributed by atoms with van der Waals surface area (Å²) in [5, 5.41) is 13.4. The van der Waals surface area contributed by atoms with Gasteiger partial charge in [-0.25, -0.2) is 9.69 Å². The molecule has 30 heavy (non-hydrogen) atoms. The Bertz CT molecular complexity index is 900. The lowest BCUT2D eigenvalue weighted by Crippen LogP contribution is -2.56. The number of carbonyl (C=O) groups is 2. The van der Waals surface area contributed by atoms with Gasteiger partial charge in [0.2, 0.25) is 0 Å². The molecule has 1 aromatic rings. The molecule has 3 aliphatic rings. The Morgan fingerprint density at radius 3 is 2.37 bits per heavy atom. The van der Waals surface area contributed by atoms with Crippen molar-refractivity contribution in [2.45, 2.75) is 33.2 Å². The number of piperazine rings is 1. The summed E-state index contributed by atoms with van der Waals surface area (Å²) in [5.41, 5.74) is 4.81. The minimum atomic E-state index is -1.000. The Morgan fingerprint density at radius 1 is 1.10 bits per heavy atom. The summed E-state index contributed by atoms with van der Waals surface area (Å²) in [4.78, 5) is 30.1. The maximum atomic E-state index is 12.9. The van der Waals surface area contributed by atoms with Crippen LogP contribution in [-0.2, 0) is 4.74 Å². The summed E-state index contributed by atoms with van der Waals surface area (Å²) in [6.45, 7) is 9.20. The molecule has 1 aromatic carbocycles. The number of aliphatic hydroxyl groups excluding tert-OH is 1. The number of rotatable bonds is 3. The van der Waals surface area contributed by atoms with Crippen LogP contribution in [0.25, 0.3) is 0 Å². The minimum Gasteiger partial charge on any atom is -0.444 e. The van der Waals surface area contributed by atoms with E-state index in [0.29, 0.717) is 24.3 Å². The molecule has 2 saturated heterocycles. The average molecular weight is 412 g/mol. The van der Waals surface area contributed by atoms with Crippen LogP contribution in [0, 0.1) is 0 Å². The molecule has 3 aliphatic heterocycles. The standard InChI is InChI=1S/C22H28N4O4/c1-14-12-15(2)20(23-16(14)3)24-8-10-25(11-9-24)21(28)17-4-6-18(7-5-17)26-19(27)13-30-22(26)29/h4-7,12,19-20,23,27H,8-11,13H2,1-3H3/t19-,20?/m1/s1. The highest BCUT2D eigenvalue weighted by Crippen LogP contribution is 2.24. The number of hydrogen-bond acceptors (Lipinski definition) is 6. The van der Waals surface area contributed by atoms with Gasteiger partial charge in [0, 0.05) is 43.1 Å². The number of ether oxygens (including phenoxy) is 1. The predicted molar refractivity (Wildman–Crippen MR) is 113 cm³/mol. The van der Waals surface area contributed by atoms with Gasteiger partial charge < -0.3 is 20.1 Å². The van der Waals surface area contributed by atoms with E-state index in [4.69, 9.17) is 4.74 Å². The lowest BCUT2D eigenvalue weighted by atomic mass is 10.0. The van der Waals surface area contributed by atoms with Crippen molar-refractivity contribution < 1.29 is 19.4 Å². The van der Waals surface area contributed by atoms with Crippen LogP contribution >= 0.6 is 0 Å². The number of carbonyl (C=O) groups excluding carboxylic acids is 2. The summed E-state index contributed by atoms with van der Waals surface area (Å²) in [6, 6.07) is 6.71. The van der Waals surface area contributed by atoms with Crippen molar-refractivity contribution in [1.82, 2.24) is 15.1 Å². The number of anilines is 1. The molecule has 2 amide bonds. The van der Waals surface area contributed by atoms with E-state index >= 15 is 0 Å². The molecule has 0 bridgehead atoms. The number of dihydropyridines is 1. The van der Waals surface area contributed by atoms with Gasteiger partial charge in [0.25, 0.3) is 5.91 Å².